The molecule has 0 aliphatic carbocycles. The summed E-state index contributed by atoms with van der Waals surface area (Å²) < 4.78 is 52.7. The molecule has 1 aliphatic rings. The number of sulfonamides is 1. The van der Waals surface area contributed by atoms with Gasteiger partial charge in [0.1, 0.15) is 0 Å². The second kappa shape index (κ2) is 7.13. The molecule has 0 saturated carbocycles. The van der Waals surface area contributed by atoms with Gasteiger partial charge in [-0.15, -0.1) is 0 Å². The van der Waals surface area contributed by atoms with Crippen molar-refractivity contribution in [3.8, 4) is 0 Å². The Morgan fingerprint density at radius 1 is 0.962 bits per heavy atom. The molecule has 0 amide bonds. The molecular formula is C19H23NO4S2. The lowest BCUT2D eigenvalue weighted by atomic mass is 10.1. The van der Waals surface area contributed by atoms with Crippen LogP contribution in [0.3, 0.4) is 0 Å². The maximum Gasteiger partial charge on any atom is 0.243 e. The van der Waals surface area contributed by atoms with Crippen molar-refractivity contribution in [1.29, 1.82) is 0 Å². The predicted octanol–water partition coefficient (Wildman–Crippen LogP) is 2.85. The van der Waals surface area contributed by atoms with E-state index in [1.54, 1.807) is 42.5 Å². The van der Waals surface area contributed by atoms with Crippen molar-refractivity contribution in [3.63, 3.8) is 0 Å². The van der Waals surface area contributed by atoms with Gasteiger partial charge in [0.05, 0.1) is 15.9 Å². The third-order valence-electron chi connectivity index (χ3n) is 4.99. The van der Waals surface area contributed by atoms with Crippen LogP contribution >= 0.6 is 0 Å². The van der Waals surface area contributed by atoms with E-state index in [0.29, 0.717) is 0 Å². The number of nitrogens with zero attached hydrogens (tertiary/aromatic N) is 1. The molecule has 0 radical (unpaired) electrons. The summed E-state index contributed by atoms with van der Waals surface area (Å²) in [5.74, 6) is -0.170. The predicted molar refractivity (Wildman–Crippen MR) is 102 cm³/mol. The topological polar surface area (TPSA) is 71.5 Å². The normalized spacial score (nSPS) is 21.2. The molecule has 5 nitrogen and oxygen atoms in total. The Morgan fingerprint density at radius 3 is 2.31 bits per heavy atom. The molecule has 1 atom stereocenters. The van der Waals surface area contributed by atoms with Crippen LogP contribution in [0.2, 0.25) is 0 Å². The Hall–Kier alpha value is -1.70. The molecule has 1 heterocycles. The van der Waals surface area contributed by atoms with Gasteiger partial charge in [-0.05, 0) is 49.1 Å². The molecule has 1 fully saturated rings. The summed E-state index contributed by atoms with van der Waals surface area (Å²) in [7, 11) is -7.12. The summed E-state index contributed by atoms with van der Waals surface area (Å²) >= 11 is 0. The number of benzene rings is 2. The zero-order chi connectivity index (χ0) is 18.9. The Morgan fingerprint density at radius 2 is 1.65 bits per heavy atom. The monoisotopic (exact) mass is 393 g/mol. The van der Waals surface area contributed by atoms with Gasteiger partial charge in [0, 0.05) is 13.1 Å². The van der Waals surface area contributed by atoms with Crippen LogP contribution in [0, 0.1) is 13.8 Å². The van der Waals surface area contributed by atoms with Crippen molar-refractivity contribution >= 4 is 19.9 Å². The summed E-state index contributed by atoms with van der Waals surface area (Å²) in [4.78, 5) is 0.219. The van der Waals surface area contributed by atoms with Gasteiger partial charge in [-0.1, -0.05) is 36.4 Å². The van der Waals surface area contributed by atoms with E-state index in [1.807, 2.05) is 19.9 Å². The van der Waals surface area contributed by atoms with Crippen LogP contribution in [0.5, 0.6) is 0 Å². The highest BCUT2D eigenvalue weighted by atomic mass is 32.2. The molecule has 0 unspecified atom stereocenters. The van der Waals surface area contributed by atoms with E-state index in [2.05, 4.69) is 0 Å². The Labute approximate surface area is 155 Å². The molecule has 0 bridgehead atoms. The number of sulfone groups is 1. The molecular weight excluding hydrogens is 370 g/mol. The molecule has 1 aliphatic heterocycles. The van der Waals surface area contributed by atoms with E-state index in [4.69, 9.17) is 0 Å². The standard InChI is InChI=1S/C19H23NO4S2/c1-15-8-9-18(14-16(15)2)26(23,24)20-11-10-19(25(21,22)13-12-20)17-6-4-3-5-7-17/h3-9,14,19H,10-13H2,1-2H3/t19-/m0/s1. The van der Waals surface area contributed by atoms with Crippen LogP contribution < -0.4 is 0 Å². The molecule has 0 spiro atoms. The summed E-state index contributed by atoms with van der Waals surface area (Å²) in [5.41, 5.74) is 2.64. The van der Waals surface area contributed by atoms with E-state index < -0.39 is 25.1 Å². The van der Waals surface area contributed by atoms with Gasteiger partial charge >= 0.3 is 0 Å². The van der Waals surface area contributed by atoms with Gasteiger partial charge in [-0.3, -0.25) is 0 Å². The van der Waals surface area contributed by atoms with Gasteiger partial charge in [0.15, 0.2) is 9.84 Å². The van der Waals surface area contributed by atoms with Crippen LogP contribution in [0.25, 0.3) is 0 Å². The summed E-state index contributed by atoms with van der Waals surface area (Å²) in [6, 6.07) is 14.0. The van der Waals surface area contributed by atoms with E-state index in [-0.39, 0.29) is 30.2 Å². The fraction of sp³-hybridized carbons (Fsp3) is 0.368. The highest BCUT2D eigenvalue weighted by molar-refractivity contribution is 7.92. The largest absolute Gasteiger partial charge is 0.243 e. The van der Waals surface area contributed by atoms with Crippen molar-refractivity contribution in [1.82, 2.24) is 4.31 Å². The van der Waals surface area contributed by atoms with Crippen LogP contribution in [0.4, 0.5) is 0 Å². The van der Waals surface area contributed by atoms with Gasteiger partial charge in [0.2, 0.25) is 10.0 Å². The van der Waals surface area contributed by atoms with Gasteiger partial charge in [-0.2, -0.15) is 4.31 Å². The molecule has 0 N–H and O–H groups in total. The average molecular weight is 394 g/mol. The molecule has 7 heteroatoms. The first-order valence-corrected chi connectivity index (χ1v) is 11.7. The highest BCUT2D eigenvalue weighted by Gasteiger charge is 2.35. The van der Waals surface area contributed by atoms with E-state index >= 15 is 0 Å². The average Bonchev–Trinajstić information content (AvgIpc) is 2.76. The third-order valence-corrected chi connectivity index (χ3v) is 9.01. The number of rotatable bonds is 3. The van der Waals surface area contributed by atoms with Crippen LogP contribution in [-0.4, -0.2) is 40.0 Å². The van der Waals surface area contributed by atoms with Crippen molar-refractivity contribution in [2.45, 2.75) is 30.4 Å². The zero-order valence-corrected chi connectivity index (χ0v) is 16.6. The maximum absolute atomic E-state index is 13.0. The minimum atomic E-state index is -3.71. The van der Waals surface area contributed by atoms with Gasteiger partial charge in [-0.25, -0.2) is 16.8 Å². The summed E-state index contributed by atoms with van der Waals surface area (Å²) in [6.07, 6.45) is 0.260. The molecule has 2 aromatic rings. The third kappa shape index (κ3) is 3.70. The van der Waals surface area contributed by atoms with E-state index in [9.17, 15) is 16.8 Å². The zero-order valence-electron chi connectivity index (χ0n) is 14.9. The van der Waals surface area contributed by atoms with Crippen LogP contribution in [0.15, 0.2) is 53.4 Å². The molecule has 26 heavy (non-hydrogen) atoms. The second-order valence-corrected chi connectivity index (χ2v) is 10.9. The fourth-order valence-corrected chi connectivity index (χ4v) is 6.68. The first kappa shape index (κ1) is 19.1. The van der Waals surface area contributed by atoms with Gasteiger partial charge < -0.3 is 0 Å². The Balaban J connectivity index is 1.91. The molecule has 1 saturated heterocycles. The van der Waals surface area contributed by atoms with Crippen molar-refractivity contribution < 1.29 is 16.8 Å². The summed E-state index contributed by atoms with van der Waals surface area (Å²) in [5, 5.41) is -0.663. The molecule has 0 aromatic heterocycles. The van der Waals surface area contributed by atoms with Crippen LogP contribution in [-0.2, 0) is 19.9 Å². The maximum atomic E-state index is 13.0. The lowest BCUT2D eigenvalue weighted by Gasteiger charge is -2.20. The molecule has 3 rings (SSSR count). The minimum absolute atomic E-state index is 0.0130. The lowest BCUT2D eigenvalue weighted by Crippen LogP contribution is -2.33. The van der Waals surface area contributed by atoms with Crippen molar-refractivity contribution in [2.75, 3.05) is 18.8 Å². The van der Waals surface area contributed by atoms with E-state index in [0.717, 1.165) is 16.7 Å². The smallest absolute Gasteiger partial charge is 0.228 e. The number of aryl methyl sites for hydroxylation is 2. The Bertz CT molecular complexity index is 999. The number of hydrogen-bond acceptors (Lipinski definition) is 4. The quantitative estimate of drug-likeness (QED) is 0.804. The SMILES string of the molecule is Cc1ccc(S(=O)(=O)N2CC[C@@H](c3ccccc3)S(=O)(=O)CC2)cc1C. The summed E-state index contributed by atoms with van der Waals surface area (Å²) in [6.45, 7) is 3.97. The highest BCUT2D eigenvalue weighted by Crippen LogP contribution is 2.31. The van der Waals surface area contributed by atoms with Crippen molar-refractivity contribution in [2.24, 2.45) is 0 Å². The minimum Gasteiger partial charge on any atom is -0.228 e. The second-order valence-electron chi connectivity index (χ2n) is 6.71. The lowest BCUT2D eigenvalue weighted by molar-refractivity contribution is 0.428. The van der Waals surface area contributed by atoms with Crippen molar-refractivity contribution in [3.05, 3.63) is 65.2 Å². The first-order valence-electron chi connectivity index (χ1n) is 8.56. The van der Waals surface area contributed by atoms with Crippen LogP contribution in [0.1, 0.15) is 28.4 Å². The fourth-order valence-electron chi connectivity index (χ4n) is 3.23. The van der Waals surface area contributed by atoms with E-state index in [1.165, 1.54) is 4.31 Å². The van der Waals surface area contributed by atoms with Gasteiger partial charge in [0.25, 0.3) is 0 Å². The Kier molecular flexibility index (Phi) is 5.23. The number of hydrogen-bond donors (Lipinski definition) is 0. The first-order chi connectivity index (χ1) is 12.2. The molecule has 2 aromatic carbocycles. The molecule has 140 valence electrons.